The maximum atomic E-state index is 13.2. The molecule has 0 saturated heterocycles. The molecule has 3 aromatic rings. The van der Waals surface area contributed by atoms with Crippen molar-refractivity contribution in [3.05, 3.63) is 99.5 Å². The minimum Gasteiger partial charge on any atom is -0.338 e. The van der Waals surface area contributed by atoms with E-state index in [1.165, 1.54) is 17.2 Å². The number of benzene rings is 3. The van der Waals surface area contributed by atoms with Crippen LogP contribution in [-0.4, -0.2) is 17.4 Å². The van der Waals surface area contributed by atoms with Crippen molar-refractivity contribution in [2.45, 2.75) is 25.7 Å². The highest BCUT2D eigenvalue weighted by molar-refractivity contribution is 9.10. The van der Waals surface area contributed by atoms with Crippen LogP contribution >= 0.6 is 15.9 Å². The van der Waals surface area contributed by atoms with Gasteiger partial charge in [-0.1, -0.05) is 54.6 Å². The molecule has 1 aliphatic rings. The lowest BCUT2D eigenvalue weighted by Crippen LogP contribution is -2.40. The summed E-state index contributed by atoms with van der Waals surface area (Å²) in [5.74, 6) is 0.554. The minimum atomic E-state index is -4.41. The second-order valence-corrected chi connectivity index (χ2v) is 8.24. The molecule has 1 aliphatic heterocycles. The Bertz CT molecular complexity index is 1080. The van der Waals surface area contributed by atoms with Crippen molar-refractivity contribution in [3.8, 4) is 0 Å². The van der Waals surface area contributed by atoms with Gasteiger partial charge in [0.25, 0.3) is 0 Å². The van der Waals surface area contributed by atoms with Crippen LogP contribution in [0.4, 0.5) is 18.9 Å². The van der Waals surface area contributed by atoms with E-state index >= 15 is 0 Å². The van der Waals surface area contributed by atoms with Crippen LogP contribution in [-0.2, 0) is 25.7 Å². The number of hydrogen-bond acceptors (Lipinski definition) is 1. The topological polar surface area (TPSA) is 27.6 Å². The smallest absolute Gasteiger partial charge is 0.338 e. The summed E-state index contributed by atoms with van der Waals surface area (Å²) in [6.45, 7) is 1.81. The zero-order valence-electron chi connectivity index (χ0n) is 16.7. The third-order valence-corrected chi connectivity index (χ3v) is 5.92. The number of aliphatic imine (C=N–C) groups is 1. The molecule has 0 atom stereocenters. The molecule has 0 radical (unpaired) electrons. The quantitative estimate of drug-likeness (QED) is 0.337. The maximum absolute atomic E-state index is 13.2. The Labute approximate surface area is 187 Å². The molecule has 0 amide bonds. The summed E-state index contributed by atoms with van der Waals surface area (Å²) in [5, 5.41) is 3.16. The van der Waals surface area contributed by atoms with Gasteiger partial charge in [-0.05, 0) is 57.2 Å². The van der Waals surface area contributed by atoms with E-state index in [-0.39, 0.29) is 0 Å². The molecule has 3 nitrogen and oxygen atoms in total. The van der Waals surface area contributed by atoms with Crippen molar-refractivity contribution >= 4 is 27.6 Å². The number of nitrogens with one attached hydrogen (secondary N) is 1. The van der Waals surface area contributed by atoms with Crippen LogP contribution in [0, 0.1) is 0 Å². The number of hydrogen-bond donors (Lipinski definition) is 1. The van der Waals surface area contributed by atoms with Crippen molar-refractivity contribution in [3.63, 3.8) is 0 Å². The minimum absolute atomic E-state index is 0.334. The number of alkyl halides is 3. The zero-order valence-corrected chi connectivity index (χ0v) is 18.2. The largest absolute Gasteiger partial charge is 0.416 e. The lowest BCUT2D eigenvalue weighted by molar-refractivity contribution is -0.137. The van der Waals surface area contributed by atoms with Gasteiger partial charge in [0.2, 0.25) is 0 Å². The molecule has 4 rings (SSSR count). The van der Waals surface area contributed by atoms with Gasteiger partial charge in [-0.2, -0.15) is 13.2 Å². The SMILES string of the molecule is FC(F)(F)c1ccc(Br)c(NC(=NCc2ccccc2)N2CCc3ccccc3C2)c1. The van der Waals surface area contributed by atoms with Gasteiger partial charge in [0.1, 0.15) is 0 Å². The van der Waals surface area contributed by atoms with Gasteiger partial charge >= 0.3 is 6.18 Å². The molecule has 0 aliphatic carbocycles. The van der Waals surface area contributed by atoms with Gasteiger partial charge in [-0.3, -0.25) is 0 Å². The standard InChI is InChI=1S/C24H21BrF3N3/c25-21-11-10-20(24(26,27)28)14-22(21)30-23(29-15-17-6-2-1-3-7-17)31-13-12-18-8-4-5-9-19(18)16-31/h1-11,14H,12-13,15-16H2,(H,29,30). The first-order valence-corrected chi connectivity index (χ1v) is 10.7. The van der Waals surface area contributed by atoms with E-state index in [9.17, 15) is 13.2 Å². The third kappa shape index (κ3) is 5.28. The number of halogens is 4. The summed E-state index contributed by atoms with van der Waals surface area (Å²) in [7, 11) is 0. The fraction of sp³-hybridized carbons (Fsp3) is 0.208. The van der Waals surface area contributed by atoms with Gasteiger partial charge in [0.15, 0.2) is 5.96 Å². The van der Waals surface area contributed by atoms with Crippen LogP contribution in [0.1, 0.15) is 22.3 Å². The Balaban J connectivity index is 1.65. The van der Waals surface area contributed by atoms with Crippen molar-refractivity contribution in [2.24, 2.45) is 4.99 Å². The molecule has 0 saturated carbocycles. The molecule has 0 unspecified atom stereocenters. The van der Waals surface area contributed by atoms with Crippen molar-refractivity contribution < 1.29 is 13.2 Å². The molecular weight excluding hydrogens is 467 g/mol. The molecule has 0 fully saturated rings. The summed E-state index contributed by atoms with van der Waals surface area (Å²) in [6.07, 6.45) is -3.56. The highest BCUT2D eigenvalue weighted by atomic mass is 79.9. The lowest BCUT2D eigenvalue weighted by atomic mass is 10.0. The normalized spacial score (nSPS) is 14.3. The number of anilines is 1. The van der Waals surface area contributed by atoms with Crippen LogP contribution < -0.4 is 5.32 Å². The Morgan fingerprint density at radius 1 is 0.968 bits per heavy atom. The predicted molar refractivity (Wildman–Crippen MR) is 121 cm³/mol. The van der Waals surface area contributed by atoms with E-state index in [1.54, 1.807) is 0 Å². The molecule has 7 heteroatoms. The first-order valence-electron chi connectivity index (χ1n) is 9.94. The van der Waals surface area contributed by atoms with Crippen molar-refractivity contribution in [2.75, 3.05) is 11.9 Å². The van der Waals surface area contributed by atoms with Crippen LogP contribution in [0.3, 0.4) is 0 Å². The Morgan fingerprint density at radius 3 is 2.42 bits per heavy atom. The van der Waals surface area contributed by atoms with Gasteiger partial charge in [-0.15, -0.1) is 0 Å². The molecule has 31 heavy (non-hydrogen) atoms. The van der Waals surface area contributed by atoms with Gasteiger partial charge in [0, 0.05) is 17.6 Å². The summed E-state index contributed by atoms with van der Waals surface area (Å²) >= 11 is 3.37. The Kier molecular flexibility index (Phi) is 6.32. The molecule has 1 N–H and O–H groups in total. The number of nitrogens with zero attached hydrogens (tertiary/aromatic N) is 2. The van der Waals surface area contributed by atoms with Crippen molar-refractivity contribution in [1.82, 2.24) is 4.90 Å². The van der Waals surface area contributed by atoms with Gasteiger partial charge < -0.3 is 10.2 Å². The average molecular weight is 488 g/mol. The fourth-order valence-electron chi connectivity index (χ4n) is 3.56. The highest BCUT2D eigenvalue weighted by Crippen LogP contribution is 2.34. The Morgan fingerprint density at radius 2 is 1.68 bits per heavy atom. The summed E-state index contributed by atoms with van der Waals surface area (Å²) in [4.78, 5) is 6.83. The van der Waals surface area contributed by atoms with E-state index < -0.39 is 11.7 Å². The third-order valence-electron chi connectivity index (χ3n) is 5.22. The van der Waals surface area contributed by atoms with Crippen molar-refractivity contribution in [1.29, 1.82) is 0 Å². The van der Waals surface area contributed by atoms with Crippen LogP contribution in [0.15, 0.2) is 82.3 Å². The molecule has 160 valence electrons. The van der Waals surface area contributed by atoms with Crippen LogP contribution in [0.5, 0.6) is 0 Å². The summed E-state index contributed by atoms with van der Waals surface area (Å²) < 4.78 is 40.3. The summed E-state index contributed by atoms with van der Waals surface area (Å²) in [6, 6.07) is 21.6. The van der Waals surface area contributed by atoms with E-state index in [1.807, 2.05) is 42.5 Å². The highest BCUT2D eigenvalue weighted by Gasteiger charge is 2.31. The molecular formula is C24H21BrF3N3. The average Bonchev–Trinajstić information content (AvgIpc) is 2.77. The van der Waals surface area contributed by atoms with E-state index in [2.05, 4.69) is 38.3 Å². The van der Waals surface area contributed by atoms with E-state index in [0.29, 0.717) is 29.2 Å². The Hall–Kier alpha value is -2.80. The van der Waals surface area contributed by atoms with Crippen LogP contribution in [0.25, 0.3) is 0 Å². The second kappa shape index (κ2) is 9.14. The van der Waals surface area contributed by atoms with Crippen LogP contribution in [0.2, 0.25) is 0 Å². The number of guanidine groups is 1. The first-order chi connectivity index (χ1) is 14.9. The monoisotopic (exact) mass is 487 g/mol. The van der Waals surface area contributed by atoms with E-state index in [4.69, 9.17) is 4.99 Å². The van der Waals surface area contributed by atoms with Gasteiger partial charge in [0.05, 0.1) is 17.8 Å². The predicted octanol–water partition coefficient (Wildman–Crippen LogP) is 6.49. The molecule has 0 aromatic heterocycles. The van der Waals surface area contributed by atoms with Gasteiger partial charge in [-0.25, -0.2) is 4.99 Å². The molecule has 0 bridgehead atoms. The summed E-state index contributed by atoms with van der Waals surface area (Å²) in [5.41, 5.74) is 3.15. The number of fused-ring (bicyclic) bond motifs is 1. The number of rotatable bonds is 3. The second-order valence-electron chi connectivity index (χ2n) is 7.38. The molecule has 0 spiro atoms. The maximum Gasteiger partial charge on any atom is 0.416 e. The zero-order chi connectivity index (χ0) is 21.8. The molecule has 1 heterocycles. The van der Waals surface area contributed by atoms with E-state index in [0.717, 1.165) is 30.7 Å². The lowest BCUT2D eigenvalue weighted by Gasteiger charge is -2.32. The first kappa shape index (κ1) is 21.4. The fourth-order valence-corrected chi connectivity index (χ4v) is 3.91. The molecule has 3 aromatic carbocycles.